The van der Waals surface area contributed by atoms with E-state index in [0.29, 0.717) is 0 Å². The lowest BCUT2D eigenvalue weighted by molar-refractivity contribution is 1.17. The Hall–Kier alpha value is -6.78. The van der Waals surface area contributed by atoms with Gasteiger partial charge in [0.2, 0.25) is 0 Å². The minimum Gasteiger partial charge on any atom is -0.375 e. The van der Waals surface area contributed by atoms with Crippen molar-refractivity contribution in [2.75, 3.05) is 4.81 Å². The summed E-state index contributed by atoms with van der Waals surface area (Å²) < 4.78 is 4.95. The number of benzene rings is 8. The molecule has 260 valence electrons. The fourth-order valence-electron chi connectivity index (χ4n) is 9.74. The van der Waals surface area contributed by atoms with Gasteiger partial charge in [0.25, 0.3) is 0 Å². The number of fused-ring (bicyclic) bond motifs is 10. The van der Waals surface area contributed by atoms with Gasteiger partial charge in [-0.3, -0.25) is 0 Å². The average molecular weight is 704 g/mol. The third-order valence-corrected chi connectivity index (χ3v) is 11.8. The first-order chi connectivity index (χ1) is 27.1. The number of hydrogen-bond donors (Lipinski definition) is 0. The molecule has 2 aromatic heterocycles. The Morgan fingerprint density at radius 1 is 0.400 bits per heavy atom. The molecule has 0 saturated heterocycles. The molecule has 8 aromatic carbocycles. The Morgan fingerprint density at radius 2 is 0.927 bits per heavy atom. The highest BCUT2D eigenvalue weighted by molar-refractivity contribution is 6.91. The second-order valence-corrected chi connectivity index (χ2v) is 15.1. The Kier molecular flexibility index (Phi) is 6.99. The molecule has 0 radical (unpaired) electrons. The molecule has 0 saturated carbocycles. The van der Waals surface area contributed by atoms with Crippen molar-refractivity contribution < 1.29 is 0 Å². The fourth-order valence-corrected chi connectivity index (χ4v) is 9.74. The largest absolute Gasteiger partial charge is 0.375 e. The van der Waals surface area contributed by atoms with Crippen LogP contribution in [0.2, 0.25) is 0 Å². The summed E-state index contributed by atoms with van der Waals surface area (Å²) in [6, 6.07) is 65.0. The predicted octanol–water partition coefficient (Wildman–Crippen LogP) is 11.7. The first-order valence-corrected chi connectivity index (χ1v) is 19.2. The third kappa shape index (κ3) is 4.64. The molecule has 0 amide bonds. The molecule has 0 N–H and O–H groups in total. The van der Waals surface area contributed by atoms with Crippen molar-refractivity contribution >= 4 is 72.8 Å². The summed E-state index contributed by atoms with van der Waals surface area (Å²) in [5, 5.41) is 5.03. The summed E-state index contributed by atoms with van der Waals surface area (Å²) in [6.45, 7) is 6.72. The van der Waals surface area contributed by atoms with Gasteiger partial charge in [0.15, 0.2) is 0 Å². The number of hydrogen-bond acceptors (Lipinski definition) is 1. The van der Waals surface area contributed by atoms with Crippen LogP contribution in [0.1, 0.15) is 16.7 Å². The molecular formula is C51H38BN3. The highest BCUT2D eigenvalue weighted by Crippen LogP contribution is 2.49. The fraction of sp³-hybridized carbons (Fsp3) is 0.0588. The van der Waals surface area contributed by atoms with E-state index in [1.165, 1.54) is 93.7 Å². The zero-order valence-electron chi connectivity index (χ0n) is 31.2. The Bertz CT molecular complexity index is 3100. The van der Waals surface area contributed by atoms with E-state index in [9.17, 15) is 0 Å². The van der Waals surface area contributed by atoms with E-state index >= 15 is 0 Å². The average Bonchev–Trinajstić information content (AvgIpc) is 3.73. The molecule has 0 bridgehead atoms. The monoisotopic (exact) mass is 703 g/mol. The molecule has 11 rings (SSSR count). The van der Waals surface area contributed by atoms with Crippen LogP contribution in [0.3, 0.4) is 0 Å². The van der Waals surface area contributed by atoms with Gasteiger partial charge >= 0.3 is 6.85 Å². The lowest BCUT2D eigenvalue weighted by Gasteiger charge is -2.40. The van der Waals surface area contributed by atoms with Gasteiger partial charge in [0, 0.05) is 44.2 Å². The van der Waals surface area contributed by atoms with Gasteiger partial charge in [0.1, 0.15) is 0 Å². The first-order valence-electron chi connectivity index (χ1n) is 19.2. The van der Waals surface area contributed by atoms with Crippen LogP contribution in [0, 0.1) is 20.8 Å². The molecule has 0 spiro atoms. The lowest BCUT2D eigenvalue weighted by Crippen LogP contribution is -2.59. The number of nitrogens with zero attached hydrogens (tertiary/aromatic N) is 3. The summed E-state index contributed by atoms with van der Waals surface area (Å²) in [6.07, 6.45) is 0. The van der Waals surface area contributed by atoms with Crippen LogP contribution in [0.5, 0.6) is 0 Å². The SMILES string of the molecule is Cc1cc(C)c(B2c3cc4c5ccccc5n(-c5ccccc5)c4cc3-c3ccc4c5ccccc5n(-c5ccccc5)c4c3N2c2ccccc2)c(C)c1. The number of para-hydroxylation sites is 5. The minimum absolute atomic E-state index is 0.0958. The van der Waals surface area contributed by atoms with Gasteiger partial charge in [-0.15, -0.1) is 0 Å². The van der Waals surface area contributed by atoms with E-state index < -0.39 is 0 Å². The molecule has 0 fully saturated rings. The minimum atomic E-state index is -0.0958. The van der Waals surface area contributed by atoms with Crippen LogP contribution in [-0.2, 0) is 0 Å². The van der Waals surface area contributed by atoms with Crippen LogP contribution in [0.4, 0.5) is 11.4 Å². The zero-order chi connectivity index (χ0) is 36.8. The van der Waals surface area contributed by atoms with Gasteiger partial charge in [-0.05, 0) is 91.9 Å². The number of aromatic nitrogens is 2. The van der Waals surface area contributed by atoms with Crippen LogP contribution < -0.4 is 15.7 Å². The highest BCUT2D eigenvalue weighted by atomic mass is 15.1. The molecular weight excluding hydrogens is 665 g/mol. The Balaban J connectivity index is 1.37. The molecule has 4 heteroatoms. The molecule has 0 atom stereocenters. The highest BCUT2D eigenvalue weighted by Gasteiger charge is 2.41. The van der Waals surface area contributed by atoms with Crippen molar-refractivity contribution in [3.05, 3.63) is 193 Å². The molecule has 55 heavy (non-hydrogen) atoms. The van der Waals surface area contributed by atoms with E-state index in [4.69, 9.17) is 0 Å². The van der Waals surface area contributed by atoms with E-state index in [1.807, 2.05) is 0 Å². The van der Waals surface area contributed by atoms with Crippen LogP contribution >= 0.6 is 0 Å². The van der Waals surface area contributed by atoms with Gasteiger partial charge < -0.3 is 13.9 Å². The molecule has 3 nitrogen and oxygen atoms in total. The maximum absolute atomic E-state index is 2.66. The van der Waals surface area contributed by atoms with Crippen molar-refractivity contribution in [1.82, 2.24) is 9.13 Å². The van der Waals surface area contributed by atoms with Crippen LogP contribution in [0.25, 0.3) is 66.1 Å². The third-order valence-electron chi connectivity index (χ3n) is 11.8. The van der Waals surface area contributed by atoms with Gasteiger partial charge in [-0.1, -0.05) is 138 Å². The lowest BCUT2D eigenvalue weighted by atomic mass is 9.44. The van der Waals surface area contributed by atoms with E-state index in [2.05, 4.69) is 211 Å². The summed E-state index contributed by atoms with van der Waals surface area (Å²) >= 11 is 0. The van der Waals surface area contributed by atoms with Crippen molar-refractivity contribution in [3.8, 4) is 22.5 Å². The Morgan fingerprint density at radius 3 is 1.56 bits per heavy atom. The summed E-state index contributed by atoms with van der Waals surface area (Å²) in [4.78, 5) is 2.66. The Labute approximate surface area is 321 Å². The normalized spacial score (nSPS) is 12.6. The molecule has 10 aromatic rings. The maximum Gasteiger partial charge on any atom is 0.329 e. The zero-order valence-corrected chi connectivity index (χ0v) is 31.2. The van der Waals surface area contributed by atoms with Crippen molar-refractivity contribution in [3.63, 3.8) is 0 Å². The first kappa shape index (κ1) is 31.7. The summed E-state index contributed by atoms with van der Waals surface area (Å²) in [5.41, 5.74) is 18.6. The van der Waals surface area contributed by atoms with E-state index in [1.54, 1.807) is 0 Å². The van der Waals surface area contributed by atoms with Crippen LogP contribution in [0.15, 0.2) is 176 Å². The molecule has 1 aliphatic heterocycles. The van der Waals surface area contributed by atoms with Crippen molar-refractivity contribution in [2.45, 2.75) is 20.8 Å². The van der Waals surface area contributed by atoms with E-state index in [0.717, 1.165) is 11.4 Å². The maximum atomic E-state index is 2.66. The molecule has 0 aliphatic carbocycles. The molecule has 3 heterocycles. The van der Waals surface area contributed by atoms with Crippen LogP contribution in [-0.4, -0.2) is 16.0 Å². The van der Waals surface area contributed by atoms with E-state index in [-0.39, 0.29) is 6.85 Å². The number of anilines is 2. The molecule has 1 aliphatic rings. The smallest absolute Gasteiger partial charge is 0.329 e. The number of aryl methyl sites for hydroxylation is 3. The standard InChI is InChI=1S/C51H38BN3/c1-33-29-34(2)49(35(3)30-33)52-45-31-44-40-24-14-15-25-46(40)53(36-17-7-4-8-18-36)48(44)32-43(45)42-28-27-41-39-23-13-16-26-47(39)54(37-19-9-5-10-20-37)50(41)51(42)55(52)38-21-11-6-12-22-38/h4-32H,1-3H3. The predicted molar refractivity (Wildman–Crippen MR) is 235 cm³/mol. The van der Waals surface area contributed by atoms with Gasteiger partial charge in [0.05, 0.1) is 27.8 Å². The summed E-state index contributed by atoms with van der Waals surface area (Å²) in [5.74, 6) is 0. The number of rotatable bonds is 4. The van der Waals surface area contributed by atoms with Gasteiger partial charge in [-0.2, -0.15) is 0 Å². The summed E-state index contributed by atoms with van der Waals surface area (Å²) in [7, 11) is 0. The quantitative estimate of drug-likeness (QED) is 0.166. The molecule has 0 unspecified atom stereocenters. The second kappa shape index (κ2) is 12.1. The second-order valence-electron chi connectivity index (χ2n) is 15.1. The van der Waals surface area contributed by atoms with Crippen molar-refractivity contribution in [1.29, 1.82) is 0 Å². The van der Waals surface area contributed by atoms with Gasteiger partial charge in [-0.25, -0.2) is 0 Å². The van der Waals surface area contributed by atoms with Crippen molar-refractivity contribution in [2.24, 2.45) is 0 Å². The topological polar surface area (TPSA) is 13.1 Å².